The van der Waals surface area contributed by atoms with E-state index in [1.54, 1.807) is 0 Å². The highest BCUT2D eigenvalue weighted by Crippen LogP contribution is 2.03. The number of nitrogens with zero attached hydrogens (tertiary/aromatic N) is 1. The number of carbonyl (C=O) groups excluding carboxylic acids is 3. The second kappa shape index (κ2) is 12.5. The Morgan fingerprint density at radius 3 is 2.00 bits per heavy atom. The normalized spacial score (nSPS) is 16.4. The number of carboxylic acids is 2. The van der Waals surface area contributed by atoms with Gasteiger partial charge >= 0.3 is 11.9 Å². The molecule has 0 radical (unpaired) electrons. The first-order chi connectivity index (χ1) is 15.3. The summed E-state index contributed by atoms with van der Waals surface area (Å²) in [5.41, 5.74) is 6.33. The molecule has 1 heterocycles. The molecule has 1 aromatic rings. The molecule has 0 aromatic carbocycles. The van der Waals surface area contributed by atoms with Crippen LogP contribution in [0.1, 0.15) is 26.0 Å². The number of carboxylic acid groups (broad SMARTS) is 2. The summed E-state index contributed by atoms with van der Waals surface area (Å²) in [7, 11) is 0. The molecule has 15 heteroatoms. The maximum atomic E-state index is 12.6. The lowest BCUT2D eigenvalue weighted by molar-refractivity contribution is -0.146. The first-order valence-corrected chi connectivity index (χ1v) is 9.78. The molecule has 33 heavy (non-hydrogen) atoms. The van der Waals surface area contributed by atoms with Crippen LogP contribution in [0.4, 0.5) is 0 Å². The molecule has 10 N–H and O–H groups in total. The second-order valence-electron chi connectivity index (χ2n) is 7.34. The fourth-order valence-electron chi connectivity index (χ4n) is 2.68. The van der Waals surface area contributed by atoms with Crippen molar-refractivity contribution in [3.63, 3.8) is 0 Å². The molecule has 0 spiro atoms. The van der Waals surface area contributed by atoms with Gasteiger partial charge in [-0.25, -0.2) is 9.78 Å². The van der Waals surface area contributed by atoms with Crippen LogP contribution < -0.4 is 21.7 Å². The molecule has 0 fully saturated rings. The Hall–Kier alpha value is -3.56. The van der Waals surface area contributed by atoms with Crippen molar-refractivity contribution in [1.82, 2.24) is 25.9 Å². The zero-order valence-electron chi connectivity index (χ0n) is 17.9. The lowest BCUT2D eigenvalue weighted by Gasteiger charge is -2.26. The number of rotatable bonds is 13. The van der Waals surface area contributed by atoms with Crippen molar-refractivity contribution in [3.05, 3.63) is 18.2 Å². The van der Waals surface area contributed by atoms with Crippen LogP contribution in [0.25, 0.3) is 0 Å². The molecular weight excluding hydrogens is 444 g/mol. The largest absolute Gasteiger partial charge is 0.481 e. The van der Waals surface area contributed by atoms with E-state index in [2.05, 4.69) is 20.6 Å². The van der Waals surface area contributed by atoms with Crippen LogP contribution in [-0.2, 0) is 30.4 Å². The summed E-state index contributed by atoms with van der Waals surface area (Å²) in [4.78, 5) is 66.2. The van der Waals surface area contributed by atoms with Crippen molar-refractivity contribution in [2.24, 2.45) is 5.73 Å². The maximum absolute atomic E-state index is 12.6. The van der Waals surface area contributed by atoms with Gasteiger partial charge in [0.25, 0.3) is 0 Å². The number of aliphatic hydroxyl groups is 2. The summed E-state index contributed by atoms with van der Waals surface area (Å²) in [5, 5.41) is 43.8. The summed E-state index contributed by atoms with van der Waals surface area (Å²) in [5.74, 6) is -6.22. The fraction of sp³-hybridized carbons (Fsp3) is 0.556. The number of aromatic amines is 1. The molecular formula is C18H28N6O9. The van der Waals surface area contributed by atoms with Crippen molar-refractivity contribution in [3.8, 4) is 0 Å². The number of aliphatic carboxylic acids is 2. The van der Waals surface area contributed by atoms with Gasteiger partial charge in [0.05, 0.1) is 31.0 Å². The molecule has 6 atom stereocenters. The van der Waals surface area contributed by atoms with Gasteiger partial charge in [-0.2, -0.15) is 0 Å². The molecule has 0 bridgehead atoms. The van der Waals surface area contributed by atoms with Crippen LogP contribution in [0.15, 0.2) is 12.5 Å². The predicted octanol–water partition coefficient (Wildman–Crippen LogP) is -3.95. The van der Waals surface area contributed by atoms with Gasteiger partial charge < -0.3 is 47.1 Å². The van der Waals surface area contributed by atoms with Crippen LogP contribution in [0, 0.1) is 0 Å². The monoisotopic (exact) mass is 472 g/mol. The molecule has 0 aliphatic heterocycles. The van der Waals surface area contributed by atoms with E-state index in [0.717, 1.165) is 6.92 Å². The summed E-state index contributed by atoms with van der Waals surface area (Å²) < 4.78 is 0. The van der Waals surface area contributed by atoms with Crippen LogP contribution in [-0.4, -0.2) is 96.4 Å². The summed E-state index contributed by atoms with van der Waals surface area (Å²) in [6, 6.07) is -6.27. The quantitative estimate of drug-likeness (QED) is 0.134. The van der Waals surface area contributed by atoms with Gasteiger partial charge in [0.15, 0.2) is 6.04 Å². The van der Waals surface area contributed by atoms with Crippen molar-refractivity contribution in [1.29, 1.82) is 0 Å². The summed E-state index contributed by atoms with van der Waals surface area (Å²) in [6.45, 7) is 2.26. The molecule has 0 saturated carbocycles. The number of aliphatic hydroxyl groups excluding tert-OH is 2. The average Bonchev–Trinajstić information content (AvgIpc) is 3.20. The highest BCUT2D eigenvalue weighted by atomic mass is 16.4. The Morgan fingerprint density at radius 1 is 0.970 bits per heavy atom. The molecule has 1 rings (SSSR count). The van der Waals surface area contributed by atoms with Crippen LogP contribution >= 0.6 is 0 Å². The average molecular weight is 472 g/mol. The zero-order valence-corrected chi connectivity index (χ0v) is 17.9. The van der Waals surface area contributed by atoms with E-state index in [9.17, 15) is 34.2 Å². The van der Waals surface area contributed by atoms with Crippen LogP contribution in [0.2, 0.25) is 0 Å². The fourth-order valence-corrected chi connectivity index (χ4v) is 2.68. The number of hydrogen-bond acceptors (Lipinski definition) is 9. The third kappa shape index (κ3) is 8.83. The first-order valence-electron chi connectivity index (χ1n) is 9.78. The molecule has 1 aromatic heterocycles. The van der Waals surface area contributed by atoms with Crippen molar-refractivity contribution in [2.75, 3.05) is 0 Å². The number of carbonyl (C=O) groups is 5. The Labute approximate surface area is 187 Å². The molecule has 0 aliphatic carbocycles. The summed E-state index contributed by atoms with van der Waals surface area (Å²) >= 11 is 0. The number of hydrogen-bond donors (Lipinski definition) is 9. The number of imidazole rings is 1. The van der Waals surface area contributed by atoms with Gasteiger partial charge in [-0.3, -0.25) is 19.2 Å². The molecule has 3 amide bonds. The minimum atomic E-state index is -1.77. The van der Waals surface area contributed by atoms with Gasteiger partial charge in [0, 0.05) is 18.3 Å². The van der Waals surface area contributed by atoms with Crippen LogP contribution in [0.5, 0.6) is 0 Å². The van der Waals surface area contributed by atoms with Crippen molar-refractivity contribution in [2.45, 2.75) is 63.1 Å². The molecule has 6 unspecified atom stereocenters. The first kappa shape index (κ1) is 27.5. The number of aromatic nitrogens is 2. The van der Waals surface area contributed by atoms with E-state index in [4.69, 9.17) is 15.9 Å². The van der Waals surface area contributed by atoms with E-state index in [0.29, 0.717) is 5.69 Å². The number of nitrogens with one attached hydrogen (secondary N) is 4. The maximum Gasteiger partial charge on any atom is 0.328 e. The van der Waals surface area contributed by atoms with Crippen molar-refractivity contribution < 1.29 is 44.4 Å². The molecule has 15 nitrogen and oxygen atoms in total. The predicted molar refractivity (Wildman–Crippen MR) is 109 cm³/mol. The standard InChI is InChI=1S/C18H28N6O9/c1-7(25)13(23-15(29)10(19)3-9-5-20-6-21-9)17(31)22-11(4-12(27)28)16(30)24-14(8(2)26)18(32)33/h5-8,10-11,13-14,25-26H,3-4,19H2,1-2H3,(H,20,21)(H,22,31)(H,23,29)(H,24,30)(H,27,28)(H,32,33). The number of amides is 3. The van der Waals surface area contributed by atoms with E-state index < -0.39 is 72.5 Å². The van der Waals surface area contributed by atoms with Gasteiger partial charge in [-0.05, 0) is 13.8 Å². The highest BCUT2D eigenvalue weighted by molar-refractivity contribution is 5.95. The van der Waals surface area contributed by atoms with Gasteiger partial charge in [0.2, 0.25) is 17.7 Å². The lowest BCUT2D eigenvalue weighted by atomic mass is 10.1. The topological polar surface area (TPSA) is 257 Å². The lowest BCUT2D eigenvalue weighted by Crippen LogP contribution is -2.60. The minimum absolute atomic E-state index is 0.0416. The number of nitrogens with two attached hydrogens (primary N) is 1. The van der Waals surface area contributed by atoms with Gasteiger partial charge in [-0.15, -0.1) is 0 Å². The summed E-state index contributed by atoms with van der Waals surface area (Å²) in [6.07, 6.45) is -1.06. The van der Waals surface area contributed by atoms with Gasteiger partial charge in [0.1, 0.15) is 12.1 Å². The zero-order chi connectivity index (χ0) is 25.3. The Bertz CT molecular complexity index is 842. The van der Waals surface area contributed by atoms with E-state index in [-0.39, 0.29) is 6.42 Å². The number of H-pyrrole nitrogens is 1. The Kier molecular flexibility index (Phi) is 10.4. The van der Waals surface area contributed by atoms with Gasteiger partial charge in [-0.1, -0.05) is 0 Å². The minimum Gasteiger partial charge on any atom is -0.481 e. The SMILES string of the molecule is CC(O)C(NC(=O)C(CC(=O)O)NC(=O)C(NC(=O)C(N)Cc1cnc[nH]1)C(C)O)C(=O)O. The molecule has 0 saturated heterocycles. The third-order valence-electron chi connectivity index (χ3n) is 4.45. The molecule has 0 aliphatic rings. The second-order valence-corrected chi connectivity index (χ2v) is 7.34. The van der Waals surface area contributed by atoms with E-state index in [1.165, 1.54) is 19.4 Å². The third-order valence-corrected chi connectivity index (χ3v) is 4.45. The Morgan fingerprint density at radius 2 is 1.55 bits per heavy atom. The highest BCUT2D eigenvalue weighted by Gasteiger charge is 2.34. The van der Waals surface area contributed by atoms with E-state index in [1.807, 2.05) is 5.32 Å². The smallest absolute Gasteiger partial charge is 0.328 e. The molecule has 184 valence electrons. The van der Waals surface area contributed by atoms with Crippen molar-refractivity contribution >= 4 is 29.7 Å². The Balaban J connectivity index is 2.91. The van der Waals surface area contributed by atoms with E-state index >= 15 is 0 Å². The van der Waals surface area contributed by atoms with Crippen LogP contribution in [0.3, 0.4) is 0 Å².